The highest BCUT2D eigenvalue weighted by Crippen LogP contribution is 2.35. The first kappa shape index (κ1) is 17.5. The number of halogens is 1. The fourth-order valence-electron chi connectivity index (χ4n) is 1.82. The number of ether oxygens (including phenoxy) is 1. The quantitative estimate of drug-likeness (QED) is 0.250. The summed E-state index contributed by atoms with van der Waals surface area (Å²) < 4.78 is 35.7. The van der Waals surface area contributed by atoms with Crippen molar-refractivity contribution in [1.82, 2.24) is 0 Å². The van der Waals surface area contributed by atoms with E-state index < -0.39 is 10.1 Å². The van der Waals surface area contributed by atoms with Gasteiger partial charge in [0.15, 0.2) is 11.5 Å². The van der Waals surface area contributed by atoms with E-state index in [0.717, 1.165) is 5.56 Å². The van der Waals surface area contributed by atoms with Crippen LogP contribution in [-0.4, -0.2) is 26.9 Å². The average Bonchev–Trinajstić information content (AvgIpc) is 2.50. The maximum atomic E-state index is 12.4. The predicted octanol–water partition coefficient (Wildman–Crippen LogP) is 3.18. The van der Waals surface area contributed by atoms with Crippen LogP contribution in [0.4, 0.5) is 0 Å². The van der Waals surface area contributed by atoms with Crippen molar-refractivity contribution in [1.29, 1.82) is 0 Å². The van der Waals surface area contributed by atoms with Gasteiger partial charge in [0.2, 0.25) is 0 Å². The SMILES string of the molecule is COc1cc(/C=N\O)cc(I)c1OS(=O)(=O)c1ccc(C)cc1. The van der Waals surface area contributed by atoms with Crippen molar-refractivity contribution in [3.63, 3.8) is 0 Å². The Morgan fingerprint density at radius 3 is 2.43 bits per heavy atom. The summed E-state index contributed by atoms with van der Waals surface area (Å²) in [7, 11) is -2.58. The number of nitrogens with zero attached hydrogens (tertiary/aromatic N) is 1. The third-order valence-electron chi connectivity index (χ3n) is 2.96. The second-order valence-electron chi connectivity index (χ2n) is 4.63. The van der Waals surface area contributed by atoms with Gasteiger partial charge in [0.05, 0.1) is 16.9 Å². The molecule has 0 atom stereocenters. The van der Waals surface area contributed by atoms with Gasteiger partial charge in [0, 0.05) is 5.56 Å². The molecular formula is C15H14INO5S. The van der Waals surface area contributed by atoms with Crippen molar-refractivity contribution in [2.45, 2.75) is 11.8 Å². The van der Waals surface area contributed by atoms with Crippen molar-refractivity contribution in [2.24, 2.45) is 5.16 Å². The number of aryl methyl sites for hydroxylation is 1. The number of methoxy groups -OCH3 is 1. The molecule has 1 N–H and O–H groups in total. The molecule has 0 saturated carbocycles. The lowest BCUT2D eigenvalue weighted by Crippen LogP contribution is -2.11. The molecule has 0 aliphatic heterocycles. The molecule has 0 radical (unpaired) electrons. The Morgan fingerprint density at radius 1 is 1.22 bits per heavy atom. The summed E-state index contributed by atoms with van der Waals surface area (Å²) >= 11 is 1.93. The molecule has 2 aromatic carbocycles. The van der Waals surface area contributed by atoms with Gasteiger partial charge in [-0.15, -0.1) is 0 Å². The Morgan fingerprint density at radius 2 is 1.87 bits per heavy atom. The number of benzene rings is 2. The Kier molecular flexibility index (Phi) is 5.47. The van der Waals surface area contributed by atoms with Gasteiger partial charge in [0.25, 0.3) is 0 Å². The van der Waals surface area contributed by atoms with Crippen LogP contribution in [0.5, 0.6) is 11.5 Å². The van der Waals surface area contributed by atoms with Crippen LogP contribution in [0, 0.1) is 10.5 Å². The summed E-state index contributed by atoms with van der Waals surface area (Å²) in [5.41, 5.74) is 1.50. The minimum absolute atomic E-state index is 0.0574. The Bertz CT molecular complexity index is 832. The summed E-state index contributed by atoms with van der Waals surface area (Å²) in [6.07, 6.45) is 1.21. The normalized spacial score (nSPS) is 11.6. The zero-order valence-electron chi connectivity index (χ0n) is 12.4. The summed E-state index contributed by atoms with van der Waals surface area (Å²) in [4.78, 5) is 0.0574. The smallest absolute Gasteiger partial charge is 0.339 e. The molecule has 0 aromatic heterocycles. The molecule has 6 nitrogen and oxygen atoms in total. The van der Waals surface area contributed by atoms with Crippen LogP contribution >= 0.6 is 22.6 Å². The van der Waals surface area contributed by atoms with E-state index >= 15 is 0 Å². The van der Waals surface area contributed by atoms with Gasteiger partial charge in [0.1, 0.15) is 4.90 Å². The van der Waals surface area contributed by atoms with Gasteiger partial charge in [-0.1, -0.05) is 22.9 Å². The van der Waals surface area contributed by atoms with Gasteiger partial charge < -0.3 is 14.1 Å². The van der Waals surface area contributed by atoms with Crippen molar-refractivity contribution >= 4 is 38.9 Å². The maximum Gasteiger partial charge on any atom is 0.339 e. The predicted molar refractivity (Wildman–Crippen MR) is 94.1 cm³/mol. The van der Waals surface area contributed by atoms with Crippen LogP contribution in [-0.2, 0) is 10.1 Å². The molecule has 0 saturated heterocycles. The van der Waals surface area contributed by atoms with Crippen molar-refractivity contribution < 1.29 is 22.5 Å². The lowest BCUT2D eigenvalue weighted by atomic mass is 10.2. The Labute approximate surface area is 148 Å². The van der Waals surface area contributed by atoms with Gasteiger partial charge in [-0.3, -0.25) is 0 Å². The fourth-order valence-corrected chi connectivity index (χ4v) is 3.67. The molecule has 8 heteroatoms. The van der Waals surface area contributed by atoms with E-state index in [2.05, 4.69) is 5.16 Å². The zero-order chi connectivity index (χ0) is 17.0. The molecule has 0 unspecified atom stereocenters. The first-order valence-corrected chi connectivity index (χ1v) is 8.92. The Hall–Kier alpha value is -1.81. The van der Waals surface area contributed by atoms with E-state index in [-0.39, 0.29) is 16.4 Å². The van der Waals surface area contributed by atoms with Gasteiger partial charge in [-0.2, -0.15) is 8.42 Å². The molecule has 23 heavy (non-hydrogen) atoms. The second-order valence-corrected chi connectivity index (χ2v) is 7.34. The topological polar surface area (TPSA) is 85.2 Å². The third kappa shape index (κ3) is 4.14. The van der Waals surface area contributed by atoms with Crippen molar-refractivity contribution in [2.75, 3.05) is 7.11 Å². The molecule has 0 aliphatic carbocycles. The number of hydrogen-bond donors (Lipinski definition) is 1. The minimum atomic E-state index is -3.98. The van der Waals surface area contributed by atoms with Crippen LogP contribution in [0.1, 0.15) is 11.1 Å². The van der Waals surface area contributed by atoms with E-state index in [1.54, 1.807) is 18.2 Å². The molecule has 0 aliphatic rings. The molecule has 0 fully saturated rings. The molecule has 0 amide bonds. The zero-order valence-corrected chi connectivity index (χ0v) is 15.3. The van der Waals surface area contributed by atoms with Gasteiger partial charge in [-0.05, 0) is 53.8 Å². The highest BCUT2D eigenvalue weighted by atomic mass is 127. The highest BCUT2D eigenvalue weighted by molar-refractivity contribution is 14.1. The second kappa shape index (κ2) is 7.18. The van der Waals surface area contributed by atoms with E-state index in [0.29, 0.717) is 9.13 Å². The van der Waals surface area contributed by atoms with Crippen LogP contribution < -0.4 is 8.92 Å². The molecule has 2 rings (SSSR count). The molecule has 2 aromatic rings. The summed E-state index contributed by atoms with van der Waals surface area (Å²) in [5.74, 6) is 0.311. The molecule has 0 spiro atoms. The monoisotopic (exact) mass is 447 g/mol. The maximum absolute atomic E-state index is 12.4. The van der Waals surface area contributed by atoms with E-state index in [1.807, 2.05) is 29.5 Å². The minimum Gasteiger partial charge on any atom is -0.493 e. The van der Waals surface area contributed by atoms with Crippen LogP contribution in [0.25, 0.3) is 0 Å². The van der Waals surface area contributed by atoms with Crippen molar-refractivity contribution in [3.05, 3.63) is 51.1 Å². The summed E-state index contributed by atoms with van der Waals surface area (Å²) in [5, 5.41) is 11.5. The number of oxime groups is 1. The fraction of sp³-hybridized carbons (Fsp3) is 0.133. The molecular weight excluding hydrogens is 433 g/mol. The highest BCUT2D eigenvalue weighted by Gasteiger charge is 2.21. The molecule has 0 heterocycles. The summed E-state index contributed by atoms with van der Waals surface area (Å²) in [6.45, 7) is 1.87. The van der Waals surface area contributed by atoms with Crippen LogP contribution in [0.2, 0.25) is 0 Å². The van der Waals surface area contributed by atoms with Gasteiger partial charge in [-0.25, -0.2) is 0 Å². The molecule has 0 bridgehead atoms. The number of hydrogen-bond acceptors (Lipinski definition) is 6. The van der Waals surface area contributed by atoms with Crippen LogP contribution in [0.3, 0.4) is 0 Å². The number of rotatable bonds is 5. The lowest BCUT2D eigenvalue weighted by molar-refractivity contribution is 0.322. The first-order chi connectivity index (χ1) is 10.9. The third-order valence-corrected chi connectivity index (χ3v) is 5.00. The average molecular weight is 447 g/mol. The largest absolute Gasteiger partial charge is 0.493 e. The van der Waals surface area contributed by atoms with E-state index in [1.165, 1.54) is 31.5 Å². The van der Waals surface area contributed by atoms with E-state index in [9.17, 15) is 8.42 Å². The molecule has 122 valence electrons. The lowest BCUT2D eigenvalue weighted by Gasteiger charge is -2.13. The summed E-state index contributed by atoms with van der Waals surface area (Å²) in [6, 6.07) is 9.48. The van der Waals surface area contributed by atoms with Crippen LogP contribution in [0.15, 0.2) is 46.4 Å². The van der Waals surface area contributed by atoms with Gasteiger partial charge >= 0.3 is 10.1 Å². The first-order valence-electron chi connectivity index (χ1n) is 6.43. The van der Waals surface area contributed by atoms with E-state index in [4.69, 9.17) is 14.1 Å². The standard InChI is InChI=1S/C15H14INO5S/c1-10-3-5-12(6-4-10)23(19,20)22-15-13(16)7-11(9-17-18)8-14(15)21-2/h3-9,18H,1-2H3/b17-9-. The van der Waals surface area contributed by atoms with Crippen molar-refractivity contribution in [3.8, 4) is 11.5 Å². The Balaban J connectivity index is 2.44.